The Morgan fingerprint density at radius 2 is 2.08 bits per heavy atom. The van der Waals surface area contributed by atoms with Crippen LogP contribution in [0.2, 0.25) is 0 Å². The van der Waals surface area contributed by atoms with Gasteiger partial charge in [-0.25, -0.2) is 0 Å². The predicted octanol–water partition coefficient (Wildman–Crippen LogP) is 2.68. The second kappa shape index (κ2) is 10.2. The van der Waals surface area contributed by atoms with Crippen LogP contribution in [0.25, 0.3) is 0 Å². The monoisotopic (exact) mass is 378 g/mol. The third-order valence-corrected chi connectivity index (χ3v) is 4.32. The fourth-order valence-corrected chi connectivity index (χ4v) is 2.93. The minimum atomic E-state index is -0.618. The molecule has 2 rings (SSSR count). The van der Waals surface area contributed by atoms with E-state index in [1.54, 1.807) is 29.5 Å². The highest BCUT2D eigenvalue weighted by Crippen LogP contribution is 2.30. The topological polar surface area (TPSA) is 79.8 Å². The molecule has 26 heavy (non-hydrogen) atoms. The lowest BCUT2D eigenvalue weighted by molar-refractivity contribution is -0.115. The van der Waals surface area contributed by atoms with Crippen LogP contribution in [0, 0.1) is 0 Å². The van der Waals surface area contributed by atoms with E-state index in [1.165, 1.54) is 7.11 Å². The highest BCUT2D eigenvalue weighted by atomic mass is 32.1. The fourth-order valence-electron chi connectivity index (χ4n) is 2.27. The highest BCUT2D eigenvalue weighted by molar-refractivity contribution is 7.08. The Balaban J connectivity index is 1.90. The van der Waals surface area contributed by atoms with Crippen LogP contribution in [0.1, 0.15) is 19.4 Å². The Morgan fingerprint density at radius 1 is 1.27 bits per heavy atom. The number of nitrogens with one attached hydrogen (secondary N) is 2. The van der Waals surface area contributed by atoms with Gasteiger partial charge in [0.05, 0.1) is 13.5 Å². The van der Waals surface area contributed by atoms with Crippen molar-refractivity contribution in [2.45, 2.75) is 32.4 Å². The van der Waals surface area contributed by atoms with Gasteiger partial charge < -0.3 is 25.2 Å². The van der Waals surface area contributed by atoms with Crippen molar-refractivity contribution in [3.63, 3.8) is 0 Å². The SMILES string of the molecule is COc1cc(NC(=O)Cc2ccsc2)ccc1OCC(O)CNC(C)C. The van der Waals surface area contributed by atoms with Gasteiger partial charge in [-0.3, -0.25) is 4.79 Å². The maximum atomic E-state index is 12.1. The molecular formula is C19H26N2O4S. The summed E-state index contributed by atoms with van der Waals surface area (Å²) in [6, 6.07) is 7.42. The smallest absolute Gasteiger partial charge is 0.228 e. The van der Waals surface area contributed by atoms with Gasteiger partial charge in [-0.15, -0.1) is 0 Å². The number of hydrogen-bond donors (Lipinski definition) is 3. The minimum absolute atomic E-state index is 0.0886. The van der Waals surface area contributed by atoms with Crippen molar-refractivity contribution in [3.05, 3.63) is 40.6 Å². The Kier molecular flexibility index (Phi) is 7.90. The summed E-state index contributed by atoms with van der Waals surface area (Å²) in [6.45, 7) is 4.64. The highest BCUT2D eigenvalue weighted by Gasteiger charge is 2.11. The number of ether oxygens (including phenoxy) is 2. The van der Waals surface area contributed by atoms with Crippen molar-refractivity contribution in [1.29, 1.82) is 0 Å². The van der Waals surface area contributed by atoms with E-state index in [4.69, 9.17) is 9.47 Å². The van der Waals surface area contributed by atoms with Crippen molar-refractivity contribution in [2.24, 2.45) is 0 Å². The molecule has 0 radical (unpaired) electrons. The molecule has 1 amide bonds. The summed E-state index contributed by atoms with van der Waals surface area (Å²) < 4.78 is 11.0. The molecule has 0 aliphatic carbocycles. The fraction of sp³-hybridized carbons (Fsp3) is 0.421. The summed E-state index contributed by atoms with van der Waals surface area (Å²) in [5, 5.41) is 19.8. The number of rotatable bonds is 10. The van der Waals surface area contributed by atoms with Crippen molar-refractivity contribution in [2.75, 3.05) is 25.6 Å². The molecule has 0 spiro atoms. The van der Waals surface area contributed by atoms with E-state index in [0.29, 0.717) is 36.2 Å². The summed E-state index contributed by atoms with van der Waals surface area (Å²) >= 11 is 1.57. The number of aliphatic hydroxyl groups is 1. The van der Waals surface area contributed by atoms with Crippen molar-refractivity contribution in [3.8, 4) is 11.5 Å². The first-order valence-electron chi connectivity index (χ1n) is 8.51. The zero-order valence-corrected chi connectivity index (χ0v) is 16.1. The Bertz CT molecular complexity index is 689. The standard InChI is InChI=1S/C19H26N2O4S/c1-13(2)20-10-16(22)11-25-17-5-4-15(9-18(17)24-3)21-19(23)8-14-6-7-26-12-14/h4-7,9,12-13,16,20,22H,8,10-11H2,1-3H3,(H,21,23). The quantitative estimate of drug-likeness (QED) is 0.592. The molecule has 7 heteroatoms. The lowest BCUT2D eigenvalue weighted by Crippen LogP contribution is -2.35. The third-order valence-electron chi connectivity index (χ3n) is 3.59. The number of carbonyl (C=O) groups excluding carboxylic acids is 1. The van der Waals surface area contributed by atoms with Crippen LogP contribution in [-0.2, 0) is 11.2 Å². The number of thiophene rings is 1. The van der Waals surface area contributed by atoms with Crippen LogP contribution in [0.5, 0.6) is 11.5 Å². The summed E-state index contributed by atoms with van der Waals surface area (Å²) in [7, 11) is 1.54. The van der Waals surface area contributed by atoms with Crippen LogP contribution in [0.4, 0.5) is 5.69 Å². The molecule has 0 aliphatic heterocycles. The van der Waals surface area contributed by atoms with Gasteiger partial charge in [-0.1, -0.05) is 13.8 Å². The maximum absolute atomic E-state index is 12.1. The first-order valence-corrected chi connectivity index (χ1v) is 9.45. The van der Waals surface area contributed by atoms with Gasteiger partial charge in [0, 0.05) is 24.3 Å². The Labute approximate surface area is 158 Å². The van der Waals surface area contributed by atoms with E-state index < -0.39 is 6.10 Å². The number of aliphatic hydroxyl groups excluding tert-OH is 1. The molecular weight excluding hydrogens is 352 g/mol. The van der Waals surface area contributed by atoms with Gasteiger partial charge in [0.15, 0.2) is 11.5 Å². The molecule has 1 aromatic heterocycles. The number of carbonyl (C=O) groups is 1. The molecule has 0 saturated heterocycles. The summed E-state index contributed by atoms with van der Waals surface area (Å²) in [5.41, 5.74) is 1.62. The largest absolute Gasteiger partial charge is 0.493 e. The molecule has 1 unspecified atom stereocenters. The zero-order valence-electron chi connectivity index (χ0n) is 15.3. The van der Waals surface area contributed by atoms with Crippen LogP contribution >= 0.6 is 11.3 Å². The van der Waals surface area contributed by atoms with Gasteiger partial charge in [0.1, 0.15) is 12.7 Å². The van der Waals surface area contributed by atoms with Gasteiger partial charge >= 0.3 is 0 Å². The van der Waals surface area contributed by atoms with E-state index >= 15 is 0 Å². The zero-order chi connectivity index (χ0) is 18.9. The van der Waals surface area contributed by atoms with Gasteiger partial charge in [0.2, 0.25) is 5.91 Å². The maximum Gasteiger partial charge on any atom is 0.228 e. The van der Waals surface area contributed by atoms with Crippen LogP contribution < -0.4 is 20.1 Å². The Hall–Kier alpha value is -2.09. The number of anilines is 1. The molecule has 0 bridgehead atoms. The van der Waals surface area contributed by atoms with Crippen molar-refractivity contribution >= 4 is 22.9 Å². The van der Waals surface area contributed by atoms with Gasteiger partial charge in [-0.2, -0.15) is 11.3 Å². The van der Waals surface area contributed by atoms with E-state index in [9.17, 15) is 9.90 Å². The van der Waals surface area contributed by atoms with Crippen LogP contribution in [0.15, 0.2) is 35.0 Å². The molecule has 0 fully saturated rings. The molecule has 0 aliphatic rings. The predicted molar refractivity (Wildman–Crippen MR) is 104 cm³/mol. The van der Waals surface area contributed by atoms with E-state index in [2.05, 4.69) is 10.6 Å². The third kappa shape index (κ3) is 6.67. The number of methoxy groups -OCH3 is 1. The summed E-state index contributed by atoms with van der Waals surface area (Å²) in [6.07, 6.45) is -0.286. The Morgan fingerprint density at radius 3 is 2.73 bits per heavy atom. The number of amides is 1. The molecule has 2 aromatic rings. The summed E-state index contributed by atoms with van der Waals surface area (Å²) in [5.74, 6) is 0.934. The first kappa shape index (κ1) is 20.2. The second-order valence-electron chi connectivity index (χ2n) is 6.25. The molecule has 0 saturated carbocycles. The molecule has 1 atom stereocenters. The van der Waals surface area contributed by atoms with E-state index in [-0.39, 0.29) is 12.5 Å². The average Bonchev–Trinajstić information content (AvgIpc) is 3.11. The van der Waals surface area contributed by atoms with Crippen molar-refractivity contribution < 1.29 is 19.4 Å². The van der Waals surface area contributed by atoms with Gasteiger partial charge in [-0.05, 0) is 34.5 Å². The average molecular weight is 378 g/mol. The van der Waals surface area contributed by atoms with Crippen LogP contribution in [0.3, 0.4) is 0 Å². The van der Waals surface area contributed by atoms with Crippen LogP contribution in [-0.4, -0.2) is 43.4 Å². The molecule has 3 N–H and O–H groups in total. The normalized spacial score (nSPS) is 12.0. The molecule has 1 aromatic carbocycles. The lowest BCUT2D eigenvalue weighted by Gasteiger charge is -2.17. The number of benzene rings is 1. The number of hydrogen-bond acceptors (Lipinski definition) is 6. The lowest BCUT2D eigenvalue weighted by atomic mass is 10.2. The van der Waals surface area contributed by atoms with E-state index in [0.717, 1.165) is 5.56 Å². The molecule has 1 heterocycles. The second-order valence-corrected chi connectivity index (χ2v) is 7.03. The first-order chi connectivity index (χ1) is 12.5. The molecule has 6 nitrogen and oxygen atoms in total. The molecule has 142 valence electrons. The van der Waals surface area contributed by atoms with Crippen molar-refractivity contribution in [1.82, 2.24) is 5.32 Å². The van der Waals surface area contributed by atoms with Gasteiger partial charge in [0.25, 0.3) is 0 Å². The van der Waals surface area contributed by atoms with E-state index in [1.807, 2.05) is 30.7 Å². The summed E-state index contributed by atoms with van der Waals surface area (Å²) in [4.78, 5) is 12.1. The minimum Gasteiger partial charge on any atom is -0.493 e.